The number of hydrogen-bond donors (Lipinski definition) is 1. The molecule has 0 atom stereocenters. The van der Waals surface area contributed by atoms with E-state index in [2.05, 4.69) is 27.2 Å². The van der Waals surface area contributed by atoms with Crippen molar-refractivity contribution in [1.29, 1.82) is 0 Å². The SMILES string of the molecule is O=C1CCN(Cc2cn[nH]c2-c2ccccc2)CCN1Cc1ccccc1F. The quantitative estimate of drug-likeness (QED) is 0.740. The lowest BCUT2D eigenvalue weighted by Crippen LogP contribution is -2.33. The van der Waals surface area contributed by atoms with Gasteiger partial charge in [-0.05, 0) is 11.6 Å². The molecule has 1 fully saturated rings. The summed E-state index contributed by atoms with van der Waals surface area (Å²) in [5.41, 5.74) is 3.79. The van der Waals surface area contributed by atoms with Gasteiger partial charge in [0.25, 0.3) is 0 Å². The summed E-state index contributed by atoms with van der Waals surface area (Å²) in [6.07, 6.45) is 2.29. The number of carbonyl (C=O) groups excluding carboxylic acids is 1. The Hall–Kier alpha value is -2.99. The van der Waals surface area contributed by atoms with Crippen molar-refractivity contribution in [3.05, 3.63) is 77.7 Å². The zero-order valence-corrected chi connectivity index (χ0v) is 15.6. The first kappa shape index (κ1) is 18.4. The van der Waals surface area contributed by atoms with Crippen LogP contribution in [0.4, 0.5) is 4.39 Å². The van der Waals surface area contributed by atoms with Crippen LogP contribution in [-0.2, 0) is 17.9 Å². The maximum Gasteiger partial charge on any atom is 0.224 e. The van der Waals surface area contributed by atoms with E-state index in [0.717, 1.165) is 29.9 Å². The Balaban J connectivity index is 1.43. The molecule has 1 aliphatic heterocycles. The maximum atomic E-state index is 13.9. The Labute approximate surface area is 163 Å². The first-order valence-electron chi connectivity index (χ1n) is 9.52. The van der Waals surface area contributed by atoms with E-state index >= 15 is 0 Å². The smallest absolute Gasteiger partial charge is 0.224 e. The number of carbonyl (C=O) groups is 1. The molecule has 2 aromatic carbocycles. The number of hydrogen-bond acceptors (Lipinski definition) is 3. The molecule has 1 saturated heterocycles. The molecule has 1 amide bonds. The van der Waals surface area contributed by atoms with Crippen LogP contribution >= 0.6 is 0 Å². The molecule has 0 aliphatic carbocycles. The van der Waals surface area contributed by atoms with Gasteiger partial charge in [0.15, 0.2) is 0 Å². The third-order valence-corrected chi connectivity index (χ3v) is 5.17. The Morgan fingerprint density at radius 1 is 0.929 bits per heavy atom. The average molecular weight is 378 g/mol. The molecule has 1 aliphatic rings. The second-order valence-electron chi connectivity index (χ2n) is 7.07. The second-order valence-corrected chi connectivity index (χ2v) is 7.07. The minimum absolute atomic E-state index is 0.0706. The summed E-state index contributed by atoms with van der Waals surface area (Å²) >= 11 is 0. The van der Waals surface area contributed by atoms with Gasteiger partial charge in [-0.1, -0.05) is 48.5 Å². The van der Waals surface area contributed by atoms with Gasteiger partial charge in [-0.25, -0.2) is 4.39 Å². The lowest BCUT2D eigenvalue weighted by molar-refractivity contribution is -0.131. The predicted octanol–water partition coefficient (Wildman–Crippen LogP) is 3.45. The lowest BCUT2D eigenvalue weighted by atomic mass is 10.1. The molecule has 28 heavy (non-hydrogen) atoms. The highest BCUT2D eigenvalue weighted by Crippen LogP contribution is 2.22. The van der Waals surface area contributed by atoms with E-state index in [1.54, 1.807) is 23.1 Å². The number of aromatic nitrogens is 2. The average Bonchev–Trinajstić information content (AvgIpc) is 3.11. The first-order valence-corrected chi connectivity index (χ1v) is 9.52. The summed E-state index contributed by atoms with van der Waals surface area (Å²) in [6, 6.07) is 16.8. The van der Waals surface area contributed by atoms with E-state index in [1.807, 2.05) is 24.4 Å². The zero-order valence-electron chi connectivity index (χ0n) is 15.6. The minimum atomic E-state index is -0.262. The van der Waals surface area contributed by atoms with Gasteiger partial charge in [-0.3, -0.25) is 14.8 Å². The number of benzene rings is 2. The summed E-state index contributed by atoms with van der Waals surface area (Å²) < 4.78 is 13.9. The highest BCUT2D eigenvalue weighted by atomic mass is 19.1. The van der Waals surface area contributed by atoms with Gasteiger partial charge >= 0.3 is 0 Å². The van der Waals surface area contributed by atoms with Crippen LogP contribution < -0.4 is 0 Å². The van der Waals surface area contributed by atoms with Crippen LogP contribution in [0.5, 0.6) is 0 Å². The van der Waals surface area contributed by atoms with E-state index in [1.165, 1.54) is 6.07 Å². The van der Waals surface area contributed by atoms with Crippen molar-refractivity contribution in [2.24, 2.45) is 0 Å². The van der Waals surface area contributed by atoms with Crippen LogP contribution in [0.25, 0.3) is 11.3 Å². The van der Waals surface area contributed by atoms with Crippen LogP contribution in [0.1, 0.15) is 17.5 Å². The fraction of sp³-hybridized carbons (Fsp3) is 0.273. The first-order chi connectivity index (χ1) is 13.7. The number of halogens is 1. The van der Waals surface area contributed by atoms with Crippen molar-refractivity contribution in [2.75, 3.05) is 19.6 Å². The topological polar surface area (TPSA) is 52.2 Å². The number of rotatable bonds is 5. The Kier molecular flexibility index (Phi) is 5.48. The van der Waals surface area contributed by atoms with E-state index in [9.17, 15) is 9.18 Å². The molecule has 3 aromatic rings. The number of nitrogens with one attached hydrogen (secondary N) is 1. The van der Waals surface area contributed by atoms with E-state index < -0.39 is 0 Å². The van der Waals surface area contributed by atoms with Crippen molar-refractivity contribution in [3.8, 4) is 11.3 Å². The highest BCUT2D eigenvalue weighted by Gasteiger charge is 2.22. The summed E-state index contributed by atoms with van der Waals surface area (Å²) in [6.45, 7) is 3.07. The van der Waals surface area contributed by atoms with Crippen molar-refractivity contribution in [1.82, 2.24) is 20.0 Å². The van der Waals surface area contributed by atoms with Crippen LogP contribution in [0.2, 0.25) is 0 Å². The molecule has 5 nitrogen and oxygen atoms in total. The van der Waals surface area contributed by atoms with E-state index in [4.69, 9.17) is 0 Å². The second kappa shape index (κ2) is 8.35. The van der Waals surface area contributed by atoms with Crippen molar-refractivity contribution >= 4 is 5.91 Å². The van der Waals surface area contributed by atoms with Crippen LogP contribution in [0, 0.1) is 5.82 Å². The van der Waals surface area contributed by atoms with E-state index in [-0.39, 0.29) is 11.7 Å². The summed E-state index contributed by atoms with van der Waals surface area (Å²) in [5, 5.41) is 7.30. The summed E-state index contributed by atoms with van der Waals surface area (Å²) in [7, 11) is 0. The molecule has 2 heterocycles. The largest absolute Gasteiger partial charge is 0.337 e. The highest BCUT2D eigenvalue weighted by molar-refractivity contribution is 5.76. The van der Waals surface area contributed by atoms with E-state index in [0.29, 0.717) is 31.6 Å². The van der Waals surface area contributed by atoms with Crippen molar-refractivity contribution in [3.63, 3.8) is 0 Å². The van der Waals surface area contributed by atoms with Gasteiger partial charge in [-0.15, -0.1) is 0 Å². The molecule has 0 unspecified atom stereocenters. The van der Waals surface area contributed by atoms with Gasteiger partial charge < -0.3 is 4.90 Å². The van der Waals surface area contributed by atoms with Gasteiger partial charge in [0.05, 0.1) is 11.9 Å². The summed E-state index contributed by atoms with van der Waals surface area (Å²) in [4.78, 5) is 16.5. The monoisotopic (exact) mass is 378 g/mol. The predicted molar refractivity (Wildman–Crippen MR) is 106 cm³/mol. The Morgan fingerprint density at radius 3 is 2.54 bits per heavy atom. The molecule has 0 saturated carbocycles. The van der Waals surface area contributed by atoms with Gasteiger partial charge in [-0.2, -0.15) is 5.10 Å². The van der Waals surface area contributed by atoms with Crippen molar-refractivity contribution in [2.45, 2.75) is 19.5 Å². The van der Waals surface area contributed by atoms with Gasteiger partial charge in [0.1, 0.15) is 5.82 Å². The van der Waals surface area contributed by atoms with Crippen LogP contribution in [0.15, 0.2) is 60.8 Å². The Bertz CT molecular complexity index is 940. The number of nitrogens with zero attached hydrogens (tertiary/aromatic N) is 3. The normalized spacial score (nSPS) is 15.6. The minimum Gasteiger partial charge on any atom is -0.337 e. The molecule has 1 N–H and O–H groups in total. The third-order valence-electron chi connectivity index (χ3n) is 5.17. The molecule has 6 heteroatoms. The number of H-pyrrole nitrogens is 1. The number of aromatic amines is 1. The fourth-order valence-corrected chi connectivity index (χ4v) is 3.59. The molecule has 144 valence electrons. The molecular weight excluding hydrogens is 355 g/mol. The molecule has 4 rings (SSSR count). The maximum absolute atomic E-state index is 13.9. The lowest BCUT2D eigenvalue weighted by Gasteiger charge is -2.22. The third kappa shape index (κ3) is 4.12. The fourth-order valence-electron chi connectivity index (χ4n) is 3.59. The molecule has 1 aromatic heterocycles. The van der Waals surface area contributed by atoms with Gasteiger partial charge in [0.2, 0.25) is 5.91 Å². The van der Waals surface area contributed by atoms with Gasteiger partial charge in [0, 0.05) is 50.3 Å². The standard InChI is InChI=1S/C22H23FN4O/c23-20-9-5-4-8-18(20)16-27-13-12-26(11-10-21(27)28)15-19-14-24-25-22(19)17-6-2-1-3-7-17/h1-9,14H,10-13,15-16H2,(H,24,25). The van der Waals surface area contributed by atoms with Crippen LogP contribution in [0.3, 0.4) is 0 Å². The Morgan fingerprint density at radius 2 is 1.71 bits per heavy atom. The summed E-state index contributed by atoms with van der Waals surface area (Å²) in [5.74, 6) is -0.191. The molecular formula is C22H23FN4O. The zero-order chi connectivity index (χ0) is 19.3. The number of amides is 1. The molecule has 0 radical (unpaired) electrons. The van der Waals surface area contributed by atoms with Crippen molar-refractivity contribution < 1.29 is 9.18 Å². The molecule has 0 spiro atoms. The molecule has 0 bridgehead atoms. The van der Waals surface area contributed by atoms with Crippen LogP contribution in [-0.4, -0.2) is 45.5 Å².